The van der Waals surface area contributed by atoms with E-state index in [2.05, 4.69) is 40.9 Å². The third-order valence-corrected chi connectivity index (χ3v) is 6.89. The van der Waals surface area contributed by atoms with E-state index in [0.29, 0.717) is 29.2 Å². The molecule has 5 rings (SSSR count). The number of aromatic nitrogens is 2. The fourth-order valence-electron chi connectivity index (χ4n) is 6.07. The van der Waals surface area contributed by atoms with E-state index in [-0.39, 0.29) is 11.6 Å². The zero-order valence-corrected chi connectivity index (χ0v) is 18.8. The fourth-order valence-corrected chi connectivity index (χ4v) is 6.07. The number of aromatic hydroxyl groups is 1. The predicted octanol–water partition coefficient (Wildman–Crippen LogP) is 5.52. The Bertz CT molecular complexity index is 1200. The number of pyridine rings is 1. The van der Waals surface area contributed by atoms with Gasteiger partial charge in [0.1, 0.15) is 5.69 Å². The highest BCUT2D eigenvalue weighted by atomic mass is 16.3. The summed E-state index contributed by atoms with van der Waals surface area (Å²) in [6.07, 6.45) is 5.12. The fraction of sp³-hybridized carbons (Fsp3) is 0.440. The molecule has 1 aliphatic carbocycles. The molecule has 166 valence electrons. The lowest BCUT2D eigenvalue weighted by Crippen LogP contribution is -2.35. The van der Waals surface area contributed by atoms with Crippen molar-refractivity contribution in [1.29, 1.82) is 0 Å². The van der Waals surface area contributed by atoms with Gasteiger partial charge < -0.3 is 5.11 Å². The van der Waals surface area contributed by atoms with Crippen LogP contribution in [-0.2, 0) is 6.67 Å². The summed E-state index contributed by atoms with van der Waals surface area (Å²) in [7, 11) is 0. The molecule has 1 N–H and O–H groups in total. The molecule has 1 amide bonds. The highest BCUT2D eigenvalue weighted by molar-refractivity contribution is 5.96. The first-order valence-electron chi connectivity index (χ1n) is 11.2. The Hall–Kier alpha value is -3.06. The van der Waals surface area contributed by atoms with Crippen molar-refractivity contribution >= 4 is 22.5 Å². The van der Waals surface area contributed by atoms with Crippen molar-refractivity contribution in [2.24, 2.45) is 21.1 Å². The van der Waals surface area contributed by atoms with Gasteiger partial charge in [-0.15, -0.1) is 10.2 Å². The van der Waals surface area contributed by atoms with E-state index in [0.717, 1.165) is 23.9 Å². The number of para-hydroxylation sites is 1. The summed E-state index contributed by atoms with van der Waals surface area (Å²) in [6.45, 7) is 8.72. The van der Waals surface area contributed by atoms with Crippen molar-refractivity contribution in [3.05, 3.63) is 54.4 Å². The monoisotopic (exact) mass is 431 g/mol. The minimum Gasteiger partial charge on any atom is -0.493 e. The van der Waals surface area contributed by atoms with Crippen LogP contribution in [0.1, 0.15) is 50.5 Å². The molecular formula is C25H29N5O2. The number of hydrogen-bond donors (Lipinski definition) is 1. The van der Waals surface area contributed by atoms with E-state index in [4.69, 9.17) is 0 Å². The van der Waals surface area contributed by atoms with Crippen LogP contribution in [0.15, 0.2) is 58.9 Å². The molecule has 2 atom stereocenters. The average Bonchev–Trinajstić information content (AvgIpc) is 3.15. The average molecular weight is 432 g/mol. The van der Waals surface area contributed by atoms with Crippen molar-refractivity contribution < 1.29 is 9.90 Å². The highest BCUT2D eigenvalue weighted by Gasteiger charge is 2.49. The quantitative estimate of drug-likeness (QED) is 0.551. The standard InChI is InChI=1S/C25H29N5O2/c1-24(2)12-17-13-25(3,14-24)15-29(17)16-30-20-10-5-4-8-18(20)21(23(30)32)27-28-22(31)19-9-6-7-11-26-19/h4-11,17,32H,12-16H2,1-3H3/t17-,25+/m1/s1. The van der Waals surface area contributed by atoms with Gasteiger partial charge in [0, 0.05) is 24.2 Å². The Morgan fingerprint density at radius 2 is 1.94 bits per heavy atom. The second kappa shape index (κ2) is 7.52. The maximum absolute atomic E-state index is 12.4. The van der Waals surface area contributed by atoms with Gasteiger partial charge in [-0.05, 0) is 48.3 Å². The minimum absolute atomic E-state index is 0.0367. The third kappa shape index (κ3) is 3.71. The summed E-state index contributed by atoms with van der Waals surface area (Å²) in [5, 5.41) is 19.9. The lowest BCUT2D eigenvalue weighted by molar-refractivity contribution is 0.0990. The number of carbonyl (C=O) groups is 1. The molecule has 0 spiro atoms. The van der Waals surface area contributed by atoms with Crippen molar-refractivity contribution in [2.45, 2.75) is 52.7 Å². The summed E-state index contributed by atoms with van der Waals surface area (Å²) < 4.78 is 1.89. The topological polar surface area (TPSA) is 83.1 Å². The first kappa shape index (κ1) is 20.8. The number of benzene rings is 1. The number of rotatable bonds is 4. The van der Waals surface area contributed by atoms with Gasteiger partial charge in [0.2, 0.25) is 5.88 Å². The zero-order chi connectivity index (χ0) is 22.5. The van der Waals surface area contributed by atoms with Gasteiger partial charge in [0.25, 0.3) is 0 Å². The van der Waals surface area contributed by atoms with Gasteiger partial charge in [-0.3, -0.25) is 19.2 Å². The second-order valence-corrected chi connectivity index (χ2v) is 10.4. The number of azo groups is 1. The highest BCUT2D eigenvalue weighted by Crippen LogP contribution is 2.53. The Morgan fingerprint density at radius 1 is 1.16 bits per heavy atom. The lowest BCUT2D eigenvalue weighted by atomic mass is 9.65. The Morgan fingerprint density at radius 3 is 2.72 bits per heavy atom. The number of hydrogen-bond acceptors (Lipinski definition) is 5. The number of nitrogens with zero attached hydrogens (tertiary/aromatic N) is 5. The second-order valence-electron chi connectivity index (χ2n) is 10.4. The van der Waals surface area contributed by atoms with Crippen LogP contribution >= 0.6 is 0 Å². The summed E-state index contributed by atoms with van der Waals surface area (Å²) in [5.74, 6) is -0.500. The van der Waals surface area contributed by atoms with Crippen LogP contribution in [-0.4, -0.2) is 38.1 Å². The van der Waals surface area contributed by atoms with E-state index in [1.165, 1.54) is 12.8 Å². The number of fused-ring (bicyclic) bond motifs is 3. The van der Waals surface area contributed by atoms with E-state index in [1.807, 2.05) is 28.8 Å². The maximum atomic E-state index is 12.4. The van der Waals surface area contributed by atoms with Crippen LogP contribution in [0.4, 0.5) is 5.69 Å². The summed E-state index contributed by atoms with van der Waals surface area (Å²) >= 11 is 0. The first-order chi connectivity index (χ1) is 15.2. The van der Waals surface area contributed by atoms with Gasteiger partial charge in [0.05, 0.1) is 12.2 Å². The Balaban J connectivity index is 1.47. The van der Waals surface area contributed by atoms with Crippen molar-refractivity contribution in [1.82, 2.24) is 14.5 Å². The van der Waals surface area contributed by atoms with Crippen LogP contribution in [0.3, 0.4) is 0 Å². The van der Waals surface area contributed by atoms with Gasteiger partial charge in [-0.25, -0.2) is 0 Å². The smallest absolute Gasteiger partial charge is 0.313 e. The van der Waals surface area contributed by atoms with Gasteiger partial charge >= 0.3 is 5.91 Å². The molecule has 3 heterocycles. The summed E-state index contributed by atoms with van der Waals surface area (Å²) in [5.41, 5.74) is 2.06. The van der Waals surface area contributed by atoms with Gasteiger partial charge in [-0.1, -0.05) is 45.0 Å². The predicted molar refractivity (Wildman–Crippen MR) is 123 cm³/mol. The van der Waals surface area contributed by atoms with E-state index >= 15 is 0 Å². The molecular weight excluding hydrogens is 402 g/mol. The van der Waals surface area contributed by atoms with Crippen LogP contribution in [0.25, 0.3) is 10.9 Å². The van der Waals surface area contributed by atoms with Crippen molar-refractivity contribution in [3.63, 3.8) is 0 Å². The molecule has 2 aromatic heterocycles. The van der Waals surface area contributed by atoms with E-state index in [9.17, 15) is 9.90 Å². The third-order valence-electron chi connectivity index (χ3n) is 6.89. The molecule has 1 saturated carbocycles. The normalized spacial score (nSPS) is 25.0. The van der Waals surface area contributed by atoms with Crippen LogP contribution in [0.5, 0.6) is 5.88 Å². The van der Waals surface area contributed by atoms with Crippen molar-refractivity contribution in [3.8, 4) is 5.88 Å². The molecule has 2 aliphatic rings. The molecule has 2 fully saturated rings. The van der Waals surface area contributed by atoms with Gasteiger partial charge in [-0.2, -0.15) is 0 Å². The van der Waals surface area contributed by atoms with Crippen LogP contribution < -0.4 is 0 Å². The zero-order valence-electron chi connectivity index (χ0n) is 18.8. The molecule has 7 nitrogen and oxygen atoms in total. The number of carbonyl (C=O) groups excluding carboxylic acids is 1. The lowest BCUT2D eigenvalue weighted by Gasteiger charge is -2.40. The molecule has 2 bridgehead atoms. The maximum Gasteiger partial charge on any atom is 0.313 e. The molecule has 1 aliphatic heterocycles. The molecule has 1 saturated heterocycles. The molecule has 7 heteroatoms. The molecule has 3 aromatic rings. The van der Waals surface area contributed by atoms with Crippen molar-refractivity contribution in [2.75, 3.05) is 6.54 Å². The first-order valence-corrected chi connectivity index (χ1v) is 11.2. The Kier molecular flexibility index (Phi) is 4.89. The Labute approximate surface area is 187 Å². The minimum atomic E-state index is -0.537. The number of likely N-dealkylation sites (tertiary alicyclic amines) is 1. The van der Waals surface area contributed by atoms with Gasteiger partial charge in [0.15, 0.2) is 5.69 Å². The van der Waals surface area contributed by atoms with Crippen LogP contribution in [0.2, 0.25) is 0 Å². The largest absolute Gasteiger partial charge is 0.493 e. The molecule has 1 aromatic carbocycles. The molecule has 0 radical (unpaired) electrons. The summed E-state index contributed by atoms with van der Waals surface area (Å²) in [4.78, 5) is 18.9. The number of amides is 1. The van der Waals surface area contributed by atoms with Crippen LogP contribution in [0, 0.1) is 10.8 Å². The van der Waals surface area contributed by atoms with E-state index < -0.39 is 5.91 Å². The SMILES string of the molecule is CC1(C)C[C@@H]2C[C@](C)(CN2Cn2c(O)c(N=NC(=O)c3ccccn3)c3ccccc32)C1. The van der Waals surface area contributed by atoms with E-state index in [1.54, 1.807) is 24.4 Å². The molecule has 0 unspecified atom stereocenters. The molecule has 32 heavy (non-hydrogen) atoms. The summed E-state index contributed by atoms with van der Waals surface area (Å²) in [6, 6.07) is 13.3.